The summed E-state index contributed by atoms with van der Waals surface area (Å²) in [5.74, 6) is 1.51. The van der Waals surface area contributed by atoms with Gasteiger partial charge in [-0.15, -0.1) is 0 Å². The van der Waals surface area contributed by atoms with Crippen LogP contribution in [-0.4, -0.2) is 31.6 Å². The number of likely N-dealkylation sites (N-methyl/N-ethyl adjacent to an activating group) is 1. The molecule has 1 fully saturated rings. The van der Waals surface area contributed by atoms with Gasteiger partial charge in [0.25, 0.3) is 0 Å². The summed E-state index contributed by atoms with van der Waals surface area (Å²) >= 11 is 0. The zero-order valence-corrected chi connectivity index (χ0v) is 14.2. The van der Waals surface area contributed by atoms with E-state index < -0.39 is 0 Å². The van der Waals surface area contributed by atoms with E-state index in [1.165, 1.54) is 43.5 Å². The predicted molar refractivity (Wildman–Crippen MR) is 91.8 cm³/mol. The highest BCUT2D eigenvalue weighted by Gasteiger charge is 2.18. The Morgan fingerprint density at radius 2 is 1.76 bits per heavy atom. The van der Waals surface area contributed by atoms with Crippen LogP contribution in [0.5, 0.6) is 0 Å². The molecule has 0 spiro atoms. The van der Waals surface area contributed by atoms with Crippen molar-refractivity contribution in [1.82, 2.24) is 10.2 Å². The number of likely N-dealkylation sites (tertiary alicyclic amines) is 1. The number of benzene rings is 1. The maximum absolute atomic E-state index is 3.50. The molecule has 21 heavy (non-hydrogen) atoms. The largest absolute Gasteiger partial charge is 0.312 e. The van der Waals surface area contributed by atoms with Gasteiger partial charge >= 0.3 is 0 Å². The molecule has 1 aromatic rings. The van der Waals surface area contributed by atoms with E-state index in [1.54, 1.807) is 0 Å². The lowest BCUT2D eigenvalue weighted by Gasteiger charge is -2.26. The monoisotopic (exact) mass is 288 g/mol. The fraction of sp³-hybridized carbons (Fsp3) is 0.684. The summed E-state index contributed by atoms with van der Waals surface area (Å²) in [6.07, 6.45) is 4.09. The second-order valence-corrected chi connectivity index (χ2v) is 7.00. The third-order valence-electron chi connectivity index (χ3n) is 4.90. The lowest BCUT2D eigenvalue weighted by Crippen LogP contribution is -2.34. The van der Waals surface area contributed by atoms with Gasteiger partial charge in [-0.2, -0.15) is 0 Å². The van der Waals surface area contributed by atoms with E-state index in [2.05, 4.69) is 62.3 Å². The van der Waals surface area contributed by atoms with Crippen molar-refractivity contribution in [3.05, 3.63) is 35.4 Å². The first-order chi connectivity index (χ1) is 10.1. The summed E-state index contributed by atoms with van der Waals surface area (Å²) in [5, 5.41) is 3.50. The standard InChI is InChI=1S/C19H32N2/c1-15(2)17-7-9-18(10-8-17)19(20-4)14-21-12-5-6-16(3)11-13-21/h7-10,15-16,19-20H,5-6,11-14H2,1-4H3. The first-order valence-corrected chi connectivity index (χ1v) is 8.59. The van der Waals surface area contributed by atoms with E-state index in [0.717, 1.165) is 12.5 Å². The lowest BCUT2D eigenvalue weighted by atomic mass is 9.99. The minimum absolute atomic E-state index is 0.444. The predicted octanol–water partition coefficient (Wildman–Crippen LogP) is 4.19. The van der Waals surface area contributed by atoms with Crippen LogP contribution in [0.25, 0.3) is 0 Å². The molecule has 2 unspecified atom stereocenters. The quantitative estimate of drug-likeness (QED) is 0.874. The third-order valence-corrected chi connectivity index (χ3v) is 4.90. The SMILES string of the molecule is CNC(CN1CCCC(C)CC1)c1ccc(C(C)C)cc1. The Balaban J connectivity index is 1.98. The average molecular weight is 288 g/mol. The Morgan fingerprint density at radius 1 is 1.10 bits per heavy atom. The summed E-state index contributed by atoms with van der Waals surface area (Å²) in [4.78, 5) is 2.64. The van der Waals surface area contributed by atoms with Crippen molar-refractivity contribution in [2.24, 2.45) is 5.92 Å². The number of hydrogen-bond donors (Lipinski definition) is 1. The van der Waals surface area contributed by atoms with E-state index in [1.807, 2.05) is 0 Å². The molecular formula is C19H32N2. The van der Waals surface area contributed by atoms with Gasteiger partial charge in [0.1, 0.15) is 0 Å². The average Bonchev–Trinajstić information content (AvgIpc) is 2.69. The van der Waals surface area contributed by atoms with Gasteiger partial charge < -0.3 is 10.2 Å². The van der Waals surface area contributed by atoms with Crippen molar-refractivity contribution >= 4 is 0 Å². The van der Waals surface area contributed by atoms with Crippen LogP contribution in [0.3, 0.4) is 0 Å². The summed E-state index contributed by atoms with van der Waals surface area (Å²) < 4.78 is 0. The van der Waals surface area contributed by atoms with E-state index >= 15 is 0 Å². The zero-order valence-electron chi connectivity index (χ0n) is 14.2. The Morgan fingerprint density at radius 3 is 2.38 bits per heavy atom. The van der Waals surface area contributed by atoms with E-state index in [4.69, 9.17) is 0 Å². The van der Waals surface area contributed by atoms with Crippen molar-refractivity contribution in [2.45, 2.75) is 52.0 Å². The fourth-order valence-electron chi connectivity index (χ4n) is 3.24. The number of nitrogens with one attached hydrogen (secondary N) is 1. The summed E-state index contributed by atoms with van der Waals surface area (Å²) in [6.45, 7) is 10.5. The van der Waals surface area contributed by atoms with Crippen LogP contribution in [0.2, 0.25) is 0 Å². The molecule has 1 aromatic carbocycles. The van der Waals surface area contributed by atoms with Crippen molar-refractivity contribution in [3.63, 3.8) is 0 Å². The Bertz CT molecular complexity index is 410. The van der Waals surface area contributed by atoms with Crippen LogP contribution in [0.1, 0.15) is 63.1 Å². The molecule has 2 rings (SSSR count). The third kappa shape index (κ3) is 4.82. The molecule has 0 bridgehead atoms. The molecule has 0 amide bonds. The van der Waals surface area contributed by atoms with Gasteiger partial charge in [-0.05, 0) is 62.4 Å². The van der Waals surface area contributed by atoms with E-state index in [9.17, 15) is 0 Å². The molecule has 2 nitrogen and oxygen atoms in total. The van der Waals surface area contributed by atoms with Crippen LogP contribution in [0.15, 0.2) is 24.3 Å². The molecular weight excluding hydrogens is 256 g/mol. The van der Waals surface area contributed by atoms with Crippen molar-refractivity contribution < 1.29 is 0 Å². The minimum atomic E-state index is 0.444. The van der Waals surface area contributed by atoms with Crippen LogP contribution in [0, 0.1) is 5.92 Å². The lowest BCUT2D eigenvalue weighted by molar-refractivity contribution is 0.253. The number of hydrogen-bond acceptors (Lipinski definition) is 2. The highest BCUT2D eigenvalue weighted by molar-refractivity contribution is 5.27. The first-order valence-electron chi connectivity index (χ1n) is 8.59. The molecule has 2 atom stereocenters. The molecule has 0 aromatic heterocycles. The molecule has 1 N–H and O–H groups in total. The van der Waals surface area contributed by atoms with Gasteiger partial charge in [0.2, 0.25) is 0 Å². The highest BCUT2D eigenvalue weighted by Crippen LogP contribution is 2.22. The second-order valence-electron chi connectivity index (χ2n) is 7.00. The Kier molecular flexibility index (Phi) is 6.25. The molecule has 2 heteroatoms. The zero-order chi connectivity index (χ0) is 15.2. The molecule has 0 saturated carbocycles. The maximum atomic E-state index is 3.50. The van der Waals surface area contributed by atoms with Gasteiger partial charge in [-0.25, -0.2) is 0 Å². The van der Waals surface area contributed by atoms with Crippen LogP contribution < -0.4 is 5.32 Å². The molecule has 1 aliphatic rings. The van der Waals surface area contributed by atoms with Crippen molar-refractivity contribution in [2.75, 3.05) is 26.7 Å². The van der Waals surface area contributed by atoms with Gasteiger partial charge in [-0.3, -0.25) is 0 Å². The normalized spacial score (nSPS) is 22.2. The Hall–Kier alpha value is -0.860. The van der Waals surface area contributed by atoms with E-state index in [-0.39, 0.29) is 0 Å². The van der Waals surface area contributed by atoms with Crippen LogP contribution in [0.4, 0.5) is 0 Å². The Labute approximate surface area is 130 Å². The van der Waals surface area contributed by atoms with Gasteiger partial charge in [0, 0.05) is 12.6 Å². The topological polar surface area (TPSA) is 15.3 Å². The van der Waals surface area contributed by atoms with Gasteiger partial charge in [0.15, 0.2) is 0 Å². The summed E-state index contributed by atoms with van der Waals surface area (Å²) in [5.41, 5.74) is 2.84. The molecule has 1 saturated heterocycles. The fourth-order valence-corrected chi connectivity index (χ4v) is 3.24. The van der Waals surface area contributed by atoms with Crippen LogP contribution >= 0.6 is 0 Å². The summed E-state index contributed by atoms with van der Waals surface area (Å²) in [6, 6.07) is 9.62. The van der Waals surface area contributed by atoms with Gasteiger partial charge in [-0.1, -0.05) is 45.0 Å². The summed E-state index contributed by atoms with van der Waals surface area (Å²) in [7, 11) is 2.08. The highest BCUT2D eigenvalue weighted by atomic mass is 15.1. The first kappa shape index (κ1) is 16.5. The maximum Gasteiger partial charge on any atom is 0.0446 e. The minimum Gasteiger partial charge on any atom is -0.312 e. The number of rotatable bonds is 5. The molecule has 1 heterocycles. The van der Waals surface area contributed by atoms with E-state index in [0.29, 0.717) is 12.0 Å². The van der Waals surface area contributed by atoms with Crippen molar-refractivity contribution in [3.8, 4) is 0 Å². The van der Waals surface area contributed by atoms with Gasteiger partial charge in [0.05, 0.1) is 0 Å². The molecule has 0 aliphatic carbocycles. The smallest absolute Gasteiger partial charge is 0.0446 e. The number of nitrogens with zero attached hydrogens (tertiary/aromatic N) is 1. The van der Waals surface area contributed by atoms with Crippen LogP contribution in [-0.2, 0) is 0 Å². The second kappa shape index (κ2) is 7.95. The van der Waals surface area contributed by atoms with Crippen molar-refractivity contribution in [1.29, 1.82) is 0 Å². The molecule has 0 radical (unpaired) electrons. The molecule has 118 valence electrons. The molecule has 1 aliphatic heterocycles.